The molecule has 0 aliphatic rings. The summed E-state index contributed by atoms with van der Waals surface area (Å²) in [6.45, 7) is 7.59. The minimum absolute atomic E-state index is 0.267. The second-order valence-corrected chi connectivity index (χ2v) is 3.42. The van der Waals surface area contributed by atoms with Gasteiger partial charge in [0.25, 0.3) is 0 Å². The van der Waals surface area contributed by atoms with Crippen LogP contribution in [0, 0.1) is 5.41 Å². The summed E-state index contributed by atoms with van der Waals surface area (Å²) in [7, 11) is 3.75. The van der Waals surface area contributed by atoms with Gasteiger partial charge in [-0.1, -0.05) is 13.8 Å². The standard InChI is InChI=1S/C9H21NO/c1-6-9(3,7-10-4)8(2)11-5/h8,10H,6-7H2,1-5H3. The molecule has 0 saturated carbocycles. The summed E-state index contributed by atoms with van der Waals surface area (Å²) < 4.78 is 5.32. The fourth-order valence-corrected chi connectivity index (χ4v) is 1.24. The zero-order valence-corrected chi connectivity index (χ0v) is 8.40. The van der Waals surface area contributed by atoms with Gasteiger partial charge in [0, 0.05) is 19.1 Å². The zero-order valence-electron chi connectivity index (χ0n) is 8.40. The Hall–Kier alpha value is -0.0800. The highest BCUT2D eigenvalue weighted by molar-refractivity contribution is 4.80. The van der Waals surface area contributed by atoms with Gasteiger partial charge in [-0.15, -0.1) is 0 Å². The van der Waals surface area contributed by atoms with E-state index in [0.29, 0.717) is 6.10 Å². The van der Waals surface area contributed by atoms with Gasteiger partial charge in [0.2, 0.25) is 0 Å². The molecule has 11 heavy (non-hydrogen) atoms. The molecule has 0 aromatic rings. The third-order valence-corrected chi connectivity index (χ3v) is 2.72. The first-order valence-electron chi connectivity index (χ1n) is 4.28. The van der Waals surface area contributed by atoms with Crippen LogP contribution in [0.1, 0.15) is 27.2 Å². The van der Waals surface area contributed by atoms with Crippen molar-refractivity contribution in [3.8, 4) is 0 Å². The highest BCUT2D eigenvalue weighted by atomic mass is 16.5. The third-order valence-electron chi connectivity index (χ3n) is 2.72. The predicted octanol–water partition coefficient (Wildman–Crippen LogP) is 1.66. The van der Waals surface area contributed by atoms with E-state index < -0.39 is 0 Å². The quantitative estimate of drug-likeness (QED) is 0.658. The Kier molecular flexibility index (Phi) is 4.69. The van der Waals surface area contributed by atoms with E-state index in [2.05, 4.69) is 26.1 Å². The second-order valence-electron chi connectivity index (χ2n) is 3.42. The lowest BCUT2D eigenvalue weighted by molar-refractivity contribution is 0.00933. The fraction of sp³-hybridized carbons (Fsp3) is 1.00. The first-order valence-corrected chi connectivity index (χ1v) is 4.28. The van der Waals surface area contributed by atoms with Gasteiger partial charge < -0.3 is 10.1 Å². The summed E-state index contributed by atoms with van der Waals surface area (Å²) in [5.41, 5.74) is 0.267. The first-order chi connectivity index (χ1) is 5.10. The van der Waals surface area contributed by atoms with Gasteiger partial charge in [-0.05, 0) is 20.4 Å². The normalized spacial score (nSPS) is 19.4. The summed E-state index contributed by atoms with van der Waals surface area (Å²) >= 11 is 0. The van der Waals surface area contributed by atoms with Crippen molar-refractivity contribution in [1.29, 1.82) is 0 Å². The molecule has 0 fully saturated rings. The van der Waals surface area contributed by atoms with E-state index in [9.17, 15) is 0 Å². The molecule has 0 saturated heterocycles. The molecule has 0 bridgehead atoms. The molecule has 0 amide bonds. The van der Waals surface area contributed by atoms with Crippen LogP contribution in [0.3, 0.4) is 0 Å². The Labute approximate surface area is 70.3 Å². The summed E-state index contributed by atoms with van der Waals surface area (Å²) in [6.07, 6.45) is 1.46. The van der Waals surface area contributed by atoms with Gasteiger partial charge in [0.05, 0.1) is 6.10 Å². The van der Waals surface area contributed by atoms with Gasteiger partial charge in [-0.25, -0.2) is 0 Å². The number of methoxy groups -OCH3 is 1. The van der Waals surface area contributed by atoms with E-state index in [1.165, 1.54) is 0 Å². The first kappa shape index (κ1) is 10.9. The third kappa shape index (κ3) is 2.80. The molecule has 0 rings (SSSR count). The molecule has 0 heterocycles. The molecule has 0 aliphatic carbocycles. The smallest absolute Gasteiger partial charge is 0.0608 e. The van der Waals surface area contributed by atoms with Gasteiger partial charge in [0.1, 0.15) is 0 Å². The molecule has 0 aliphatic heterocycles. The van der Waals surface area contributed by atoms with Gasteiger partial charge in [-0.2, -0.15) is 0 Å². The Morgan fingerprint density at radius 3 is 2.36 bits per heavy atom. The van der Waals surface area contributed by atoms with Crippen molar-refractivity contribution in [2.24, 2.45) is 5.41 Å². The van der Waals surface area contributed by atoms with Gasteiger partial charge >= 0.3 is 0 Å². The minimum Gasteiger partial charge on any atom is -0.381 e. The van der Waals surface area contributed by atoms with E-state index in [4.69, 9.17) is 4.74 Å². The summed E-state index contributed by atoms with van der Waals surface area (Å²) in [4.78, 5) is 0. The molecule has 68 valence electrons. The average Bonchev–Trinajstić information content (AvgIpc) is 2.03. The predicted molar refractivity (Wildman–Crippen MR) is 48.8 cm³/mol. The van der Waals surface area contributed by atoms with E-state index in [0.717, 1.165) is 13.0 Å². The van der Waals surface area contributed by atoms with E-state index >= 15 is 0 Å². The van der Waals surface area contributed by atoms with Gasteiger partial charge in [-0.3, -0.25) is 0 Å². The molecule has 1 N–H and O–H groups in total. The Morgan fingerprint density at radius 1 is 1.55 bits per heavy atom. The van der Waals surface area contributed by atoms with Crippen LogP contribution in [-0.4, -0.2) is 26.8 Å². The fourth-order valence-electron chi connectivity index (χ4n) is 1.24. The van der Waals surface area contributed by atoms with Crippen LogP contribution >= 0.6 is 0 Å². The maximum atomic E-state index is 5.32. The number of hydrogen-bond acceptors (Lipinski definition) is 2. The van der Waals surface area contributed by atoms with Crippen molar-refractivity contribution in [2.45, 2.75) is 33.3 Å². The summed E-state index contributed by atoms with van der Waals surface area (Å²) in [6, 6.07) is 0. The maximum absolute atomic E-state index is 5.32. The van der Waals surface area contributed by atoms with Crippen LogP contribution in [0.15, 0.2) is 0 Å². The highest BCUT2D eigenvalue weighted by Gasteiger charge is 2.28. The molecule has 2 heteroatoms. The molecule has 2 atom stereocenters. The van der Waals surface area contributed by atoms with E-state index in [1.54, 1.807) is 7.11 Å². The van der Waals surface area contributed by atoms with E-state index in [1.807, 2.05) is 7.05 Å². The number of hydrogen-bond donors (Lipinski definition) is 1. The van der Waals surface area contributed by atoms with Crippen LogP contribution in [0.25, 0.3) is 0 Å². The van der Waals surface area contributed by atoms with Crippen LogP contribution in [0.2, 0.25) is 0 Å². The summed E-state index contributed by atoms with van der Waals surface area (Å²) in [5.74, 6) is 0. The molecule has 2 nitrogen and oxygen atoms in total. The Balaban J connectivity index is 4.07. The Morgan fingerprint density at radius 2 is 2.09 bits per heavy atom. The molecular weight excluding hydrogens is 138 g/mol. The highest BCUT2D eigenvalue weighted by Crippen LogP contribution is 2.26. The van der Waals surface area contributed by atoms with Crippen LogP contribution < -0.4 is 5.32 Å². The average molecular weight is 159 g/mol. The molecule has 0 aromatic heterocycles. The van der Waals surface area contributed by atoms with Crippen LogP contribution in [0.5, 0.6) is 0 Å². The van der Waals surface area contributed by atoms with Crippen molar-refractivity contribution in [3.63, 3.8) is 0 Å². The largest absolute Gasteiger partial charge is 0.381 e. The second kappa shape index (κ2) is 4.73. The Bertz CT molecular complexity index is 106. The molecule has 0 spiro atoms. The molecule has 2 unspecified atom stereocenters. The number of ether oxygens (including phenoxy) is 1. The van der Waals surface area contributed by atoms with Crippen molar-refractivity contribution in [2.75, 3.05) is 20.7 Å². The monoisotopic (exact) mass is 159 g/mol. The van der Waals surface area contributed by atoms with Crippen LogP contribution in [-0.2, 0) is 4.74 Å². The van der Waals surface area contributed by atoms with Crippen molar-refractivity contribution in [1.82, 2.24) is 5.32 Å². The number of rotatable bonds is 5. The maximum Gasteiger partial charge on any atom is 0.0608 e. The van der Waals surface area contributed by atoms with Gasteiger partial charge in [0.15, 0.2) is 0 Å². The number of nitrogens with one attached hydrogen (secondary N) is 1. The molecular formula is C9H21NO. The lowest BCUT2D eigenvalue weighted by atomic mass is 9.82. The van der Waals surface area contributed by atoms with E-state index in [-0.39, 0.29) is 5.41 Å². The SMILES string of the molecule is CCC(C)(CNC)C(C)OC. The topological polar surface area (TPSA) is 21.3 Å². The summed E-state index contributed by atoms with van der Waals surface area (Å²) in [5, 5.41) is 3.19. The lowest BCUT2D eigenvalue weighted by Gasteiger charge is -2.33. The van der Waals surface area contributed by atoms with Crippen molar-refractivity contribution in [3.05, 3.63) is 0 Å². The lowest BCUT2D eigenvalue weighted by Crippen LogP contribution is -2.39. The molecule has 0 radical (unpaired) electrons. The zero-order chi connectivity index (χ0) is 8.91. The molecule has 0 aromatic carbocycles. The van der Waals surface area contributed by atoms with Crippen LogP contribution in [0.4, 0.5) is 0 Å². The van der Waals surface area contributed by atoms with Crippen molar-refractivity contribution >= 4 is 0 Å². The minimum atomic E-state index is 0.267. The van der Waals surface area contributed by atoms with Crippen molar-refractivity contribution < 1.29 is 4.74 Å².